The number of fused-ring (bicyclic) bond motifs is 1. The van der Waals surface area contributed by atoms with Gasteiger partial charge in [-0.2, -0.15) is 0 Å². The lowest BCUT2D eigenvalue weighted by Gasteiger charge is -2.42. The topological polar surface area (TPSA) is 69.7 Å². The van der Waals surface area contributed by atoms with Crippen LogP contribution < -0.4 is 23.7 Å². The lowest BCUT2D eigenvalue weighted by atomic mass is 9.86. The first kappa shape index (κ1) is 30.7. The summed E-state index contributed by atoms with van der Waals surface area (Å²) >= 11 is 0. The first-order valence-electron chi connectivity index (χ1n) is 13.6. The molecule has 1 saturated carbocycles. The van der Waals surface area contributed by atoms with Gasteiger partial charge in [0.25, 0.3) is 5.91 Å². The van der Waals surface area contributed by atoms with E-state index in [1.807, 2.05) is 17.0 Å². The molecule has 0 spiro atoms. The van der Waals surface area contributed by atoms with Crippen LogP contribution in [0.1, 0.15) is 54.4 Å². The number of hydrogen-bond donors (Lipinski definition) is 0. The molecule has 1 aliphatic carbocycles. The largest absolute Gasteiger partial charge is 0.493 e. The highest BCUT2D eigenvalue weighted by Gasteiger charge is 2.39. The summed E-state index contributed by atoms with van der Waals surface area (Å²) in [6.07, 6.45) is 7.32. The highest BCUT2D eigenvalue weighted by Crippen LogP contribution is 2.41. The van der Waals surface area contributed by atoms with Crippen molar-refractivity contribution in [3.63, 3.8) is 0 Å². The fraction of sp³-hybridized carbons (Fsp3) is 0.567. The maximum absolute atomic E-state index is 13.8. The molecule has 8 nitrogen and oxygen atoms in total. The molecule has 0 aromatic heterocycles. The van der Waals surface area contributed by atoms with Gasteiger partial charge in [-0.15, -0.1) is 12.4 Å². The number of rotatable bonds is 12. The smallest absolute Gasteiger partial charge is 0.260 e. The minimum Gasteiger partial charge on any atom is -0.493 e. The summed E-state index contributed by atoms with van der Waals surface area (Å²) in [6.45, 7) is 2.44. The van der Waals surface area contributed by atoms with Gasteiger partial charge >= 0.3 is 0 Å². The van der Waals surface area contributed by atoms with Gasteiger partial charge in [-0.3, -0.25) is 4.79 Å². The number of likely N-dealkylation sites (N-methyl/N-ethyl adjacent to an activating group) is 1. The average molecular weight is 563 g/mol. The third-order valence-corrected chi connectivity index (χ3v) is 7.75. The Balaban J connectivity index is 0.00000420. The molecule has 216 valence electrons. The molecule has 1 fully saturated rings. The summed E-state index contributed by atoms with van der Waals surface area (Å²) in [5.41, 5.74) is 1.74. The Labute approximate surface area is 238 Å². The summed E-state index contributed by atoms with van der Waals surface area (Å²) in [4.78, 5) is 18.0. The van der Waals surface area contributed by atoms with Gasteiger partial charge in [-0.25, -0.2) is 0 Å². The summed E-state index contributed by atoms with van der Waals surface area (Å²) in [5.74, 6) is 3.54. The van der Waals surface area contributed by atoms with E-state index < -0.39 is 0 Å². The Morgan fingerprint density at radius 3 is 2.18 bits per heavy atom. The maximum Gasteiger partial charge on any atom is 0.260 e. The highest BCUT2D eigenvalue weighted by atomic mass is 35.5. The summed E-state index contributed by atoms with van der Waals surface area (Å²) in [7, 11) is 8.61. The van der Waals surface area contributed by atoms with E-state index in [4.69, 9.17) is 23.7 Å². The normalized spacial score (nSPS) is 17.2. The van der Waals surface area contributed by atoms with Crippen LogP contribution in [0.4, 0.5) is 0 Å². The summed E-state index contributed by atoms with van der Waals surface area (Å²) in [5, 5.41) is 0. The van der Waals surface area contributed by atoms with Gasteiger partial charge in [0.1, 0.15) is 5.75 Å². The molecular weight excluding hydrogens is 520 g/mol. The van der Waals surface area contributed by atoms with Gasteiger partial charge in [0.05, 0.1) is 34.0 Å². The molecule has 39 heavy (non-hydrogen) atoms. The van der Waals surface area contributed by atoms with Crippen molar-refractivity contribution >= 4 is 18.3 Å². The number of methoxy groups -OCH3 is 4. The Bertz CT molecular complexity index is 1090. The van der Waals surface area contributed by atoms with E-state index in [2.05, 4.69) is 18.0 Å². The van der Waals surface area contributed by atoms with Crippen molar-refractivity contribution in [2.75, 3.05) is 55.1 Å². The molecule has 0 saturated heterocycles. The van der Waals surface area contributed by atoms with Gasteiger partial charge < -0.3 is 33.5 Å². The van der Waals surface area contributed by atoms with E-state index in [1.165, 1.54) is 24.8 Å². The maximum atomic E-state index is 13.8. The van der Waals surface area contributed by atoms with Gasteiger partial charge in [-0.1, -0.05) is 25.3 Å². The van der Waals surface area contributed by atoms with E-state index in [-0.39, 0.29) is 24.5 Å². The van der Waals surface area contributed by atoms with Crippen molar-refractivity contribution in [3.05, 3.63) is 41.5 Å². The zero-order valence-electron chi connectivity index (χ0n) is 23.9. The Morgan fingerprint density at radius 1 is 0.872 bits per heavy atom. The summed E-state index contributed by atoms with van der Waals surface area (Å²) < 4.78 is 28.2. The predicted octanol–water partition coefficient (Wildman–Crippen LogP) is 5.45. The summed E-state index contributed by atoms with van der Waals surface area (Å²) in [6, 6.07) is 9.60. The van der Waals surface area contributed by atoms with Crippen LogP contribution in [-0.4, -0.2) is 77.1 Å². The molecule has 1 amide bonds. The standard InChI is InChI=1S/C30H42N2O6.ClH/c1-31(17-14-21-12-13-24(34-2)26(18-21)35-3)15-9-16-32-29(33)23-19-27(36-4)28(37-5)20-25(23)38-30(32)22-10-7-6-8-11-22;/h12-13,18-20,22,30H,6-11,14-17H2,1-5H3;1H. The van der Waals surface area contributed by atoms with Crippen molar-refractivity contribution in [1.29, 1.82) is 0 Å². The van der Waals surface area contributed by atoms with E-state index in [0.29, 0.717) is 35.3 Å². The number of halogens is 1. The Kier molecular flexibility index (Phi) is 11.4. The molecule has 1 heterocycles. The fourth-order valence-corrected chi connectivity index (χ4v) is 5.57. The van der Waals surface area contributed by atoms with Crippen molar-refractivity contribution in [3.8, 4) is 28.7 Å². The number of hydrogen-bond acceptors (Lipinski definition) is 7. The van der Waals surface area contributed by atoms with E-state index in [9.17, 15) is 4.79 Å². The van der Waals surface area contributed by atoms with E-state index >= 15 is 0 Å². The van der Waals surface area contributed by atoms with Crippen LogP contribution in [0.2, 0.25) is 0 Å². The Morgan fingerprint density at radius 2 is 1.51 bits per heavy atom. The molecule has 0 N–H and O–H groups in total. The number of ether oxygens (including phenoxy) is 5. The van der Waals surface area contributed by atoms with E-state index in [0.717, 1.165) is 50.3 Å². The number of benzene rings is 2. The third kappa shape index (κ3) is 7.22. The number of amides is 1. The van der Waals surface area contributed by atoms with Crippen LogP contribution >= 0.6 is 12.4 Å². The molecule has 1 atom stereocenters. The number of nitrogens with zero attached hydrogens (tertiary/aromatic N) is 2. The van der Waals surface area contributed by atoms with Crippen LogP contribution in [0.25, 0.3) is 0 Å². The minimum absolute atomic E-state index is 0. The van der Waals surface area contributed by atoms with Crippen LogP contribution in [-0.2, 0) is 6.42 Å². The predicted molar refractivity (Wildman–Crippen MR) is 154 cm³/mol. The zero-order chi connectivity index (χ0) is 27.1. The molecule has 0 bridgehead atoms. The highest BCUT2D eigenvalue weighted by molar-refractivity contribution is 5.99. The molecule has 2 aliphatic rings. The van der Waals surface area contributed by atoms with Crippen molar-refractivity contribution in [2.24, 2.45) is 5.92 Å². The first-order chi connectivity index (χ1) is 18.5. The van der Waals surface area contributed by atoms with Crippen molar-refractivity contribution in [1.82, 2.24) is 9.80 Å². The quantitative estimate of drug-likeness (QED) is 0.341. The molecule has 2 aromatic carbocycles. The first-order valence-corrected chi connectivity index (χ1v) is 13.6. The van der Waals surface area contributed by atoms with Gasteiger partial charge in [0.15, 0.2) is 29.2 Å². The van der Waals surface area contributed by atoms with Gasteiger partial charge in [0.2, 0.25) is 0 Å². The second kappa shape index (κ2) is 14.5. The van der Waals surface area contributed by atoms with Crippen LogP contribution in [0, 0.1) is 5.92 Å². The van der Waals surface area contributed by atoms with Gasteiger partial charge in [-0.05, 0) is 57.0 Å². The number of carbonyl (C=O) groups is 1. The van der Waals surface area contributed by atoms with Crippen molar-refractivity contribution in [2.45, 2.75) is 51.2 Å². The minimum atomic E-state index is -0.245. The van der Waals surface area contributed by atoms with Crippen LogP contribution in [0.15, 0.2) is 30.3 Å². The third-order valence-electron chi connectivity index (χ3n) is 7.75. The monoisotopic (exact) mass is 562 g/mol. The second-order valence-electron chi connectivity index (χ2n) is 10.2. The fourth-order valence-electron chi connectivity index (χ4n) is 5.57. The van der Waals surface area contributed by atoms with E-state index in [1.54, 1.807) is 40.6 Å². The molecule has 9 heteroatoms. The lowest BCUT2D eigenvalue weighted by molar-refractivity contribution is -0.0307. The lowest BCUT2D eigenvalue weighted by Crippen LogP contribution is -2.52. The van der Waals surface area contributed by atoms with Gasteiger partial charge in [0, 0.05) is 31.1 Å². The Hall–Kier alpha value is -2.84. The molecule has 0 radical (unpaired) electrons. The molecular formula is C30H43ClN2O6. The molecule has 4 rings (SSSR count). The molecule has 2 aromatic rings. The zero-order valence-corrected chi connectivity index (χ0v) is 24.7. The number of carbonyl (C=O) groups excluding carboxylic acids is 1. The van der Waals surface area contributed by atoms with Crippen LogP contribution in [0.5, 0.6) is 28.7 Å². The second-order valence-corrected chi connectivity index (χ2v) is 10.2. The average Bonchev–Trinajstić information content (AvgIpc) is 2.96. The SMILES string of the molecule is COc1ccc(CCN(C)CCCN2C(=O)c3cc(OC)c(OC)cc3OC2C2CCCCC2)cc1OC.Cl. The molecule has 1 unspecified atom stereocenters. The van der Waals surface area contributed by atoms with Crippen molar-refractivity contribution < 1.29 is 28.5 Å². The molecule has 1 aliphatic heterocycles. The van der Waals surface area contributed by atoms with Crippen LogP contribution in [0.3, 0.4) is 0 Å².